The smallest absolute Gasteiger partial charge is 0.337 e. The van der Waals surface area contributed by atoms with E-state index >= 15 is 0 Å². The van der Waals surface area contributed by atoms with Crippen LogP contribution in [-0.4, -0.2) is 20.6 Å². The molecule has 0 saturated heterocycles. The standard InChI is InChI=1S/C9H11Br3O3/c1-2-3-4-5-6(10)9(14,8(11)12)15-7(5)13/h8,14H,2-4H2,1H3/t9-/m1/s1. The molecule has 0 spiro atoms. The maximum absolute atomic E-state index is 11.5. The van der Waals surface area contributed by atoms with E-state index in [0.29, 0.717) is 16.5 Å². The lowest BCUT2D eigenvalue weighted by Gasteiger charge is -2.23. The fraction of sp³-hybridized carbons (Fsp3) is 0.667. The Morgan fingerprint density at radius 2 is 2.13 bits per heavy atom. The molecule has 0 bridgehead atoms. The van der Waals surface area contributed by atoms with Crippen molar-refractivity contribution in [3.05, 3.63) is 10.1 Å². The van der Waals surface area contributed by atoms with E-state index in [9.17, 15) is 9.90 Å². The molecule has 86 valence electrons. The maximum atomic E-state index is 11.5. The molecule has 3 nitrogen and oxygen atoms in total. The summed E-state index contributed by atoms with van der Waals surface area (Å²) in [5.74, 6) is -2.08. The number of rotatable bonds is 4. The summed E-state index contributed by atoms with van der Waals surface area (Å²) in [6, 6.07) is 0. The van der Waals surface area contributed by atoms with Gasteiger partial charge in [-0.05, 0) is 28.8 Å². The molecular weight excluding hydrogens is 396 g/mol. The van der Waals surface area contributed by atoms with Gasteiger partial charge in [-0.25, -0.2) is 4.79 Å². The van der Waals surface area contributed by atoms with Crippen molar-refractivity contribution in [3.63, 3.8) is 0 Å². The summed E-state index contributed by atoms with van der Waals surface area (Å²) in [7, 11) is 0. The summed E-state index contributed by atoms with van der Waals surface area (Å²) in [6.45, 7) is 2.04. The zero-order valence-corrected chi connectivity index (χ0v) is 12.9. The number of unbranched alkanes of at least 4 members (excludes halogenated alkanes) is 1. The third kappa shape index (κ3) is 2.65. The highest BCUT2D eigenvalue weighted by Gasteiger charge is 2.49. The fourth-order valence-corrected chi connectivity index (χ4v) is 3.19. The highest BCUT2D eigenvalue weighted by atomic mass is 79.9. The normalized spacial score (nSPS) is 26.4. The number of cyclic esters (lactones) is 1. The van der Waals surface area contributed by atoms with Crippen molar-refractivity contribution >= 4 is 53.8 Å². The van der Waals surface area contributed by atoms with Crippen molar-refractivity contribution in [3.8, 4) is 0 Å². The monoisotopic (exact) mass is 404 g/mol. The third-order valence-electron chi connectivity index (χ3n) is 2.15. The quantitative estimate of drug-likeness (QED) is 0.576. The van der Waals surface area contributed by atoms with E-state index in [1.807, 2.05) is 6.92 Å². The fourth-order valence-electron chi connectivity index (χ4n) is 1.26. The third-order valence-corrected chi connectivity index (χ3v) is 4.44. The van der Waals surface area contributed by atoms with Crippen LogP contribution in [0.2, 0.25) is 0 Å². The van der Waals surface area contributed by atoms with Crippen LogP contribution in [0.15, 0.2) is 10.1 Å². The van der Waals surface area contributed by atoms with Crippen LogP contribution < -0.4 is 0 Å². The van der Waals surface area contributed by atoms with Gasteiger partial charge in [0.25, 0.3) is 5.79 Å². The Balaban J connectivity index is 2.93. The van der Waals surface area contributed by atoms with Gasteiger partial charge in [0, 0.05) is 0 Å². The molecule has 1 rings (SSSR count). The van der Waals surface area contributed by atoms with E-state index in [1.165, 1.54) is 0 Å². The van der Waals surface area contributed by atoms with Gasteiger partial charge < -0.3 is 9.84 Å². The molecule has 1 N–H and O–H groups in total. The highest BCUT2D eigenvalue weighted by Crippen LogP contribution is 2.43. The molecule has 0 fully saturated rings. The number of hydrogen-bond acceptors (Lipinski definition) is 3. The minimum absolute atomic E-state index is 0.409. The molecule has 1 aliphatic heterocycles. The molecule has 6 heteroatoms. The maximum Gasteiger partial charge on any atom is 0.337 e. The predicted octanol–water partition coefficient (Wildman–Crippen LogP) is 3.19. The summed E-state index contributed by atoms with van der Waals surface area (Å²) >= 11 is 9.51. The first-order valence-electron chi connectivity index (χ1n) is 4.56. The molecule has 1 heterocycles. The molecule has 1 aliphatic rings. The molecule has 0 aromatic rings. The minimum atomic E-state index is -1.62. The van der Waals surface area contributed by atoms with Crippen LogP contribution in [0.4, 0.5) is 0 Å². The average molecular weight is 407 g/mol. The molecule has 0 aliphatic carbocycles. The van der Waals surface area contributed by atoms with Crippen LogP contribution in [0.1, 0.15) is 26.2 Å². The molecular formula is C9H11Br3O3. The first-order chi connectivity index (χ1) is 6.93. The summed E-state index contributed by atoms with van der Waals surface area (Å²) in [5, 5.41) is 10.0. The van der Waals surface area contributed by atoms with E-state index in [1.54, 1.807) is 0 Å². The molecule has 0 aromatic carbocycles. The van der Waals surface area contributed by atoms with Crippen molar-refractivity contribution in [2.24, 2.45) is 0 Å². The molecule has 0 amide bonds. The first-order valence-corrected chi connectivity index (χ1v) is 7.19. The number of esters is 1. The minimum Gasteiger partial charge on any atom is -0.423 e. The van der Waals surface area contributed by atoms with Gasteiger partial charge in [-0.15, -0.1) is 0 Å². The molecule has 0 radical (unpaired) electrons. The Kier molecular flexibility index (Phi) is 4.83. The van der Waals surface area contributed by atoms with Crippen LogP contribution in [0.3, 0.4) is 0 Å². The summed E-state index contributed by atoms with van der Waals surface area (Å²) < 4.78 is 4.81. The van der Waals surface area contributed by atoms with Crippen LogP contribution in [0, 0.1) is 0 Å². The Bertz CT molecular complexity index is 301. The van der Waals surface area contributed by atoms with E-state index < -0.39 is 15.5 Å². The molecule has 0 aromatic heterocycles. The lowest BCUT2D eigenvalue weighted by molar-refractivity contribution is -0.173. The molecule has 1 atom stereocenters. The second kappa shape index (κ2) is 5.29. The Morgan fingerprint density at radius 1 is 1.53 bits per heavy atom. The molecule has 0 saturated carbocycles. The molecule has 0 unspecified atom stereocenters. The highest BCUT2D eigenvalue weighted by molar-refractivity contribution is 9.24. The number of hydrogen-bond donors (Lipinski definition) is 1. The largest absolute Gasteiger partial charge is 0.423 e. The first kappa shape index (κ1) is 13.7. The van der Waals surface area contributed by atoms with E-state index in [0.717, 1.165) is 12.8 Å². The second-order valence-electron chi connectivity index (χ2n) is 3.28. The summed E-state index contributed by atoms with van der Waals surface area (Å²) in [5.41, 5.74) is 0.517. The van der Waals surface area contributed by atoms with Crippen LogP contribution >= 0.6 is 47.8 Å². The number of alkyl halides is 2. The van der Waals surface area contributed by atoms with Gasteiger partial charge in [0.2, 0.25) is 0 Å². The summed E-state index contributed by atoms with van der Waals surface area (Å²) in [6.07, 6.45) is 2.50. The van der Waals surface area contributed by atoms with E-state index in [-0.39, 0.29) is 0 Å². The van der Waals surface area contributed by atoms with E-state index in [2.05, 4.69) is 47.8 Å². The number of carbonyl (C=O) groups excluding carboxylic acids is 1. The Labute approximate surface area is 114 Å². The van der Waals surface area contributed by atoms with E-state index in [4.69, 9.17) is 4.74 Å². The second-order valence-corrected chi connectivity index (χ2v) is 7.14. The number of halogens is 3. The average Bonchev–Trinajstić information content (AvgIpc) is 2.37. The van der Waals surface area contributed by atoms with Crippen LogP contribution in [-0.2, 0) is 9.53 Å². The van der Waals surface area contributed by atoms with Gasteiger partial charge in [-0.2, -0.15) is 0 Å². The van der Waals surface area contributed by atoms with Crippen LogP contribution in [0.5, 0.6) is 0 Å². The van der Waals surface area contributed by atoms with Crippen LogP contribution in [0.25, 0.3) is 0 Å². The Hall–Kier alpha value is 0.610. The van der Waals surface area contributed by atoms with Crippen molar-refractivity contribution in [1.29, 1.82) is 0 Å². The molecule has 15 heavy (non-hydrogen) atoms. The topological polar surface area (TPSA) is 46.5 Å². The van der Waals surface area contributed by atoms with Gasteiger partial charge >= 0.3 is 5.97 Å². The van der Waals surface area contributed by atoms with Gasteiger partial charge in [0.05, 0.1) is 10.1 Å². The zero-order valence-electron chi connectivity index (χ0n) is 8.10. The summed E-state index contributed by atoms with van der Waals surface area (Å²) in [4.78, 5) is 11.5. The van der Waals surface area contributed by atoms with Crippen molar-refractivity contribution in [2.75, 3.05) is 0 Å². The van der Waals surface area contributed by atoms with Crippen molar-refractivity contribution in [2.45, 2.75) is 35.7 Å². The lowest BCUT2D eigenvalue weighted by atomic mass is 10.1. The van der Waals surface area contributed by atoms with Gasteiger partial charge in [-0.3, -0.25) is 0 Å². The van der Waals surface area contributed by atoms with Crippen molar-refractivity contribution < 1.29 is 14.6 Å². The predicted molar refractivity (Wildman–Crippen MR) is 68.2 cm³/mol. The van der Waals surface area contributed by atoms with Gasteiger partial charge in [0.1, 0.15) is 3.74 Å². The van der Waals surface area contributed by atoms with Crippen molar-refractivity contribution in [1.82, 2.24) is 0 Å². The SMILES string of the molecule is CCCCC1=C(Br)[C@](O)(C(Br)Br)OC1=O. The number of aliphatic hydroxyl groups is 1. The number of ether oxygens (including phenoxy) is 1. The van der Waals surface area contributed by atoms with Gasteiger partial charge in [-0.1, -0.05) is 45.2 Å². The Morgan fingerprint density at radius 3 is 2.53 bits per heavy atom. The lowest BCUT2D eigenvalue weighted by Crippen LogP contribution is -2.36. The zero-order chi connectivity index (χ0) is 11.6. The number of carbonyl (C=O) groups is 1. The van der Waals surface area contributed by atoms with Gasteiger partial charge in [0.15, 0.2) is 0 Å².